The molecule has 0 fully saturated rings. The van der Waals surface area contributed by atoms with E-state index in [-0.39, 0.29) is 23.3 Å². The van der Waals surface area contributed by atoms with E-state index in [2.05, 4.69) is 27.9 Å². The van der Waals surface area contributed by atoms with Gasteiger partial charge in [-0.3, -0.25) is 4.79 Å². The average Bonchev–Trinajstić information content (AvgIpc) is 2.33. The lowest BCUT2D eigenvalue weighted by Gasteiger charge is -2.22. The van der Waals surface area contributed by atoms with Crippen LogP contribution in [0, 0.1) is 3.57 Å². The minimum atomic E-state index is -0.529. The summed E-state index contributed by atoms with van der Waals surface area (Å²) in [4.78, 5) is 12.0. The van der Waals surface area contributed by atoms with Crippen molar-refractivity contribution in [2.75, 3.05) is 14.2 Å². The number of benzene rings is 1. The molecule has 0 saturated carbocycles. The van der Waals surface area contributed by atoms with E-state index in [1.807, 2.05) is 0 Å². The van der Waals surface area contributed by atoms with Gasteiger partial charge in [-0.05, 0) is 47.7 Å². The van der Waals surface area contributed by atoms with Gasteiger partial charge in [0.2, 0.25) is 0 Å². The summed E-state index contributed by atoms with van der Waals surface area (Å²) in [6, 6.07) is 4.51. The molecular formula is C12H16INO4. The van der Waals surface area contributed by atoms with Crippen molar-refractivity contribution in [3.63, 3.8) is 0 Å². The molecule has 0 saturated heterocycles. The lowest BCUT2D eigenvalue weighted by Crippen LogP contribution is -2.42. The first-order chi connectivity index (χ1) is 8.49. The normalized spacial score (nSPS) is 12.5. The molecule has 6 heteroatoms. The Morgan fingerprint density at radius 2 is 2.00 bits per heavy atom. The molecule has 0 radical (unpaired) electrons. The average molecular weight is 365 g/mol. The molecule has 0 aromatic heterocycles. The predicted molar refractivity (Wildman–Crippen MR) is 75.6 cm³/mol. The van der Waals surface area contributed by atoms with E-state index < -0.39 is 6.29 Å². The summed E-state index contributed by atoms with van der Waals surface area (Å²) in [5, 5.41) is 12.4. The third-order valence-corrected chi connectivity index (χ3v) is 3.11. The van der Waals surface area contributed by atoms with Crippen LogP contribution in [-0.4, -0.2) is 37.6 Å². The smallest absolute Gasteiger partial charge is 0.255 e. The standard InChI is InChI=1S/C12H16INO4/c1-7(12(17-2)18-3)14-11(16)9-6-8(13)4-5-10(9)15/h4-7,12,15H,1-3H3,(H,14,16). The van der Waals surface area contributed by atoms with Gasteiger partial charge >= 0.3 is 0 Å². The van der Waals surface area contributed by atoms with Gasteiger partial charge in [-0.2, -0.15) is 0 Å². The van der Waals surface area contributed by atoms with Crippen LogP contribution in [0.3, 0.4) is 0 Å². The van der Waals surface area contributed by atoms with Crippen molar-refractivity contribution in [2.45, 2.75) is 19.3 Å². The monoisotopic (exact) mass is 365 g/mol. The SMILES string of the molecule is COC(OC)C(C)NC(=O)c1cc(I)ccc1O. The lowest BCUT2D eigenvalue weighted by molar-refractivity contribution is -0.117. The highest BCUT2D eigenvalue weighted by Gasteiger charge is 2.20. The van der Waals surface area contributed by atoms with Gasteiger partial charge in [0.1, 0.15) is 5.75 Å². The molecule has 1 aromatic carbocycles. The Hall–Kier alpha value is -0.860. The van der Waals surface area contributed by atoms with Crippen LogP contribution < -0.4 is 5.32 Å². The van der Waals surface area contributed by atoms with Gasteiger partial charge < -0.3 is 19.9 Å². The van der Waals surface area contributed by atoms with Crippen LogP contribution in [0.2, 0.25) is 0 Å². The van der Waals surface area contributed by atoms with E-state index in [9.17, 15) is 9.90 Å². The Balaban J connectivity index is 2.79. The fraction of sp³-hybridized carbons (Fsp3) is 0.417. The number of methoxy groups -OCH3 is 2. The summed E-state index contributed by atoms with van der Waals surface area (Å²) >= 11 is 2.08. The van der Waals surface area contributed by atoms with Crippen LogP contribution in [0.5, 0.6) is 5.75 Å². The number of hydrogen-bond acceptors (Lipinski definition) is 4. The van der Waals surface area contributed by atoms with E-state index in [0.29, 0.717) is 0 Å². The molecule has 0 aliphatic carbocycles. The molecule has 0 aliphatic heterocycles. The molecule has 1 unspecified atom stereocenters. The van der Waals surface area contributed by atoms with Crippen molar-refractivity contribution in [2.24, 2.45) is 0 Å². The van der Waals surface area contributed by atoms with Crippen LogP contribution in [0.15, 0.2) is 18.2 Å². The Labute approximate surface area is 120 Å². The third-order valence-electron chi connectivity index (χ3n) is 2.43. The molecule has 100 valence electrons. The highest BCUT2D eigenvalue weighted by atomic mass is 127. The summed E-state index contributed by atoms with van der Waals surface area (Å²) in [6.45, 7) is 1.76. The number of phenolic OH excluding ortho intramolecular Hbond substituents is 1. The third kappa shape index (κ3) is 3.82. The molecule has 0 spiro atoms. The number of hydrogen-bond donors (Lipinski definition) is 2. The first-order valence-electron chi connectivity index (χ1n) is 5.34. The van der Waals surface area contributed by atoms with Crippen molar-refractivity contribution in [1.29, 1.82) is 0 Å². The van der Waals surface area contributed by atoms with Gasteiger partial charge in [0.25, 0.3) is 5.91 Å². The first-order valence-corrected chi connectivity index (χ1v) is 6.42. The molecule has 1 atom stereocenters. The molecule has 1 aromatic rings. The Morgan fingerprint density at radius 1 is 1.39 bits per heavy atom. The second-order valence-electron chi connectivity index (χ2n) is 3.76. The number of amides is 1. The Bertz CT molecular complexity index is 421. The predicted octanol–water partition coefficient (Wildman–Crippen LogP) is 1.73. The largest absolute Gasteiger partial charge is 0.507 e. The minimum absolute atomic E-state index is 0.0495. The van der Waals surface area contributed by atoms with Gasteiger partial charge in [0.15, 0.2) is 6.29 Å². The molecule has 0 heterocycles. The van der Waals surface area contributed by atoms with E-state index in [0.717, 1.165) is 3.57 Å². The van der Waals surface area contributed by atoms with E-state index in [1.54, 1.807) is 19.1 Å². The number of phenols is 1. The van der Waals surface area contributed by atoms with Gasteiger partial charge in [0, 0.05) is 17.8 Å². The Morgan fingerprint density at radius 3 is 2.56 bits per heavy atom. The first kappa shape index (κ1) is 15.2. The van der Waals surface area contributed by atoms with Crippen molar-refractivity contribution < 1.29 is 19.4 Å². The number of carbonyl (C=O) groups is 1. The van der Waals surface area contributed by atoms with E-state index >= 15 is 0 Å². The molecule has 1 amide bonds. The summed E-state index contributed by atoms with van der Waals surface area (Å²) in [7, 11) is 3.00. The van der Waals surface area contributed by atoms with Crippen LogP contribution in [0.1, 0.15) is 17.3 Å². The van der Waals surface area contributed by atoms with Crippen LogP contribution in [-0.2, 0) is 9.47 Å². The lowest BCUT2D eigenvalue weighted by atomic mass is 10.1. The maximum absolute atomic E-state index is 12.0. The number of aromatic hydroxyl groups is 1. The number of rotatable bonds is 5. The van der Waals surface area contributed by atoms with Crippen LogP contribution in [0.25, 0.3) is 0 Å². The maximum atomic E-state index is 12.0. The minimum Gasteiger partial charge on any atom is -0.507 e. The topological polar surface area (TPSA) is 67.8 Å². The molecule has 0 aliphatic rings. The van der Waals surface area contributed by atoms with Crippen molar-refractivity contribution >= 4 is 28.5 Å². The van der Waals surface area contributed by atoms with Crippen molar-refractivity contribution in [3.8, 4) is 5.75 Å². The van der Waals surface area contributed by atoms with Gasteiger partial charge in [-0.15, -0.1) is 0 Å². The van der Waals surface area contributed by atoms with Crippen LogP contribution in [0.4, 0.5) is 0 Å². The highest BCUT2D eigenvalue weighted by Crippen LogP contribution is 2.19. The van der Waals surface area contributed by atoms with E-state index in [4.69, 9.17) is 9.47 Å². The molecular weight excluding hydrogens is 349 g/mol. The number of nitrogens with one attached hydrogen (secondary N) is 1. The van der Waals surface area contributed by atoms with Crippen molar-refractivity contribution in [1.82, 2.24) is 5.32 Å². The molecule has 18 heavy (non-hydrogen) atoms. The zero-order valence-corrected chi connectivity index (χ0v) is 12.6. The summed E-state index contributed by atoms with van der Waals surface area (Å²) in [5.41, 5.74) is 0.236. The van der Waals surface area contributed by atoms with Gasteiger partial charge in [-0.1, -0.05) is 0 Å². The highest BCUT2D eigenvalue weighted by molar-refractivity contribution is 14.1. The molecule has 1 rings (SSSR count). The zero-order valence-electron chi connectivity index (χ0n) is 10.4. The zero-order chi connectivity index (χ0) is 13.7. The summed E-state index contributed by atoms with van der Waals surface area (Å²) < 4.78 is 11.0. The fourth-order valence-corrected chi connectivity index (χ4v) is 2.04. The molecule has 5 nitrogen and oxygen atoms in total. The van der Waals surface area contributed by atoms with Crippen molar-refractivity contribution in [3.05, 3.63) is 27.3 Å². The van der Waals surface area contributed by atoms with E-state index in [1.165, 1.54) is 20.3 Å². The fourth-order valence-electron chi connectivity index (χ4n) is 1.55. The van der Waals surface area contributed by atoms with Crippen LogP contribution >= 0.6 is 22.6 Å². The summed E-state index contributed by atoms with van der Waals surface area (Å²) in [6.07, 6.45) is -0.529. The summed E-state index contributed by atoms with van der Waals surface area (Å²) in [5.74, 6) is -0.413. The molecule has 2 N–H and O–H groups in total. The number of halogens is 1. The second-order valence-corrected chi connectivity index (χ2v) is 5.01. The van der Waals surface area contributed by atoms with Gasteiger partial charge in [0.05, 0.1) is 11.6 Å². The number of ether oxygens (including phenoxy) is 2. The second kappa shape index (κ2) is 6.91. The molecule has 0 bridgehead atoms. The maximum Gasteiger partial charge on any atom is 0.255 e. The van der Waals surface area contributed by atoms with Gasteiger partial charge in [-0.25, -0.2) is 0 Å². The Kier molecular flexibility index (Phi) is 5.83. The quantitative estimate of drug-likeness (QED) is 0.616. The number of carbonyl (C=O) groups excluding carboxylic acids is 1.